The van der Waals surface area contributed by atoms with Crippen molar-refractivity contribution in [1.82, 2.24) is 4.90 Å². The Morgan fingerprint density at radius 1 is 1.10 bits per heavy atom. The Balaban J connectivity index is 0.00000225. The van der Waals surface area contributed by atoms with Crippen LogP contribution in [0.2, 0.25) is 0 Å². The first-order valence-corrected chi connectivity index (χ1v) is 10.8. The highest BCUT2D eigenvalue weighted by Crippen LogP contribution is 2.39. The maximum Gasteiger partial charge on any atom is 0.142 e. The Morgan fingerprint density at radius 2 is 1.77 bits per heavy atom. The first-order chi connectivity index (χ1) is 13.4. The van der Waals surface area contributed by atoms with E-state index in [2.05, 4.69) is 42.7 Å². The van der Waals surface area contributed by atoms with E-state index in [1.807, 2.05) is 12.1 Å². The van der Waals surface area contributed by atoms with Gasteiger partial charge in [-0.2, -0.15) is 0 Å². The lowest BCUT2D eigenvalue weighted by molar-refractivity contribution is -0.0615. The van der Waals surface area contributed by atoms with E-state index in [1.165, 1.54) is 6.42 Å². The van der Waals surface area contributed by atoms with E-state index in [1.54, 1.807) is 7.11 Å². The molecule has 0 radical (unpaired) electrons. The van der Waals surface area contributed by atoms with Gasteiger partial charge in [-0.1, -0.05) is 32.9 Å². The third-order valence-corrected chi connectivity index (χ3v) is 6.14. The van der Waals surface area contributed by atoms with Crippen LogP contribution >= 0.6 is 24.8 Å². The largest absolute Gasteiger partial charge is 0.495 e. The van der Waals surface area contributed by atoms with E-state index in [4.69, 9.17) is 9.47 Å². The van der Waals surface area contributed by atoms with Gasteiger partial charge in [0.05, 0.1) is 31.6 Å². The monoisotopic (exact) mass is 462 g/mol. The Kier molecular flexibility index (Phi) is 11.2. The number of aliphatic hydroxyl groups is 1. The lowest BCUT2D eigenvalue weighted by Crippen LogP contribution is -2.49. The highest BCUT2D eigenvalue weighted by Gasteiger charge is 2.33. The van der Waals surface area contributed by atoms with Crippen LogP contribution in [0.1, 0.15) is 40.0 Å². The molecular weight excluding hydrogens is 423 g/mol. The van der Waals surface area contributed by atoms with Crippen molar-refractivity contribution in [2.45, 2.75) is 52.2 Å². The van der Waals surface area contributed by atoms with Gasteiger partial charge in [-0.25, -0.2) is 0 Å². The molecule has 1 aliphatic heterocycles. The fourth-order valence-electron chi connectivity index (χ4n) is 5.05. The average molecular weight is 463 g/mol. The summed E-state index contributed by atoms with van der Waals surface area (Å²) in [5.74, 6) is 1.63. The van der Waals surface area contributed by atoms with Crippen LogP contribution in [0.4, 0.5) is 5.69 Å². The number of methoxy groups -OCH3 is 1. The first kappa shape index (κ1) is 27.3. The molecule has 2 aliphatic rings. The molecule has 0 bridgehead atoms. The van der Waals surface area contributed by atoms with E-state index in [9.17, 15) is 5.11 Å². The van der Waals surface area contributed by atoms with Crippen molar-refractivity contribution in [2.24, 2.45) is 11.3 Å². The van der Waals surface area contributed by atoms with Gasteiger partial charge in [0.25, 0.3) is 0 Å². The van der Waals surface area contributed by atoms with Gasteiger partial charge in [0.15, 0.2) is 0 Å². The molecule has 1 saturated heterocycles. The van der Waals surface area contributed by atoms with Gasteiger partial charge in [0.1, 0.15) is 5.75 Å². The van der Waals surface area contributed by atoms with Gasteiger partial charge < -0.3 is 19.5 Å². The number of halogens is 2. The average Bonchev–Trinajstić information content (AvgIpc) is 2.65. The minimum Gasteiger partial charge on any atom is -0.495 e. The number of hydrogen-bond donors (Lipinski definition) is 1. The van der Waals surface area contributed by atoms with E-state index in [0.717, 1.165) is 50.5 Å². The van der Waals surface area contributed by atoms with E-state index < -0.39 is 6.10 Å². The molecule has 2 fully saturated rings. The van der Waals surface area contributed by atoms with Crippen LogP contribution in [0.5, 0.6) is 5.75 Å². The molecule has 0 amide bonds. The highest BCUT2D eigenvalue weighted by molar-refractivity contribution is 5.85. The number of benzene rings is 1. The van der Waals surface area contributed by atoms with Gasteiger partial charge >= 0.3 is 0 Å². The molecule has 5 nitrogen and oxygen atoms in total. The predicted molar refractivity (Wildman–Crippen MR) is 129 cm³/mol. The van der Waals surface area contributed by atoms with Crippen molar-refractivity contribution in [3.8, 4) is 5.75 Å². The maximum atomic E-state index is 10.5. The third-order valence-electron chi connectivity index (χ3n) is 6.14. The number of piperazine rings is 1. The molecule has 174 valence electrons. The Labute approximate surface area is 194 Å². The molecule has 7 heteroatoms. The zero-order valence-corrected chi connectivity index (χ0v) is 20.5. The number of anilines is 1. The SMILES string of the molecule is COc1ccccc1N1CCN(CC(O)COC2CC(C)CC(C)(C)C2)CC1.Cl.Cl. The molecule has 1 aromatic rings. The van der Waals surface area contributed by atoms with Crippen LogP contribution in [0, 0.1) is 11.3 Å². The minimum absolute atomic E-state index is 0. The number of ether oxygens (including phenoxy) is 2. The fourth-order valence-corrected chi connectivity index (χ4v) is 5.05. The molecule has 3 unspecified atom stereocenters. The van der Waals surface area contributed by atoms with Crippen LogP contribution in [-0.4, -0.2) is 68.7 Å². The Hall–Kier alpha value is -0.720. The first-order valence-electron chi connectivity index (χ1n) is 10.8. The number of para-hydroxylation sites is 2. The lowest BCUT2D eigenvalue weighted by Gasteiger charge is -2.39. The summed E-state index contributed by atoms with van der Waals surface area (Å²) in [6.45, 7) is 11.9. The zero-order chi connectivity index (χ0) is 20.1. The molecule has 3 atom stereocenters. The van der Waals surface area contributed by atoms with Crippen LogP contribution in [0.15, 0.2) is 24.3 Å². The van der Waals surface area contributed by atoms with Crippen molar-refractivity contribution >= 4 is 30.5 Å². The smallest absolute Gasteiger partial charge is 0.142 e. The molecule has 1 saturated carbocycles. The summed E-state index contributed by atoms with van der Waals surface area (Å²) in [5.41, 5.74) is 1.50. The van der Waals surface area contributed by atoms with Crippen LogP contribution in [0.25, 0.3) is 0 Å². The second-order valence-corrected chi connectivity index (χ2v) is 9.48. The van der Waals surface area contributed by atoms with Crippen molar-refractivity contribution in [2.75, 3.05) is 51.3 Å². The van der Waals surface area contributed by atoms with Crippen LogP contribution in [-0.2, 0) is 4.74 Å². The normalized spacial score (nSPS) is 25.0. The second-order valence-electron chi connectivity index (χ2n) is 9.48. The highest BCUT2D eigenvalue weighted by atomic mass is 35.5. The van der Waals surface area contributed by atoms with E-state index in [-0.39, 0.29) is 30.9 Å². The fraction of sp³-hybridized carbons (Fsp3) is 0.739. The molecular formula is C23H40Cl2N2O3. The summed E-state index contributed by atoms with van der Waals surface area (Å²) < 4.78 is 11.6. The molecule has 1 N–H and O–H groups in total. The molecule has 0 spiro atoms. The summed E-state index contributed by atoms with van der Waals surface area (Å²) >= 11 is 0. The van der Waals surface area contributed by atoms with E-state index in [0.29, 0.717) is 24.5 Å². The summed E-state index contributed by atoms with van der Waals surface area (Å²) in [5, 5.41) is 10.5. The quantitative estimate of drug-likeness (QED) is 0.655. The number of rotatable bonds is 7. The van der Waals surface area contributed by atoms with Gasteiger partial charge in [-0.05, 0) is 42.7 Å². The topological polar surface area (TPSA) is 45.2 Å². The van der Waals surface area contributed by atoms with Gasteiger partial charge in [-0.3, -0.25) is 4.90 Å². The van der Waals surface area contributed by atoms with Gasteiger partial charge in [0.2, 0.25) is 0 Å². The summed E-state index contributed by atoms with van der Waals surface area (Å²) in [6, 6.07) is 8.18. The summed E-state index contributed by atoms with van der Waals surface area (Å²) in [7, 11) is 1.72. The van der Waals surface area contributed by atoms with Crippen molar-refractivity contribution in [3.05, 3.63) is 24.3 Å². The minimum atomic E-state index is -0.418. The number of β-amino-alcohol motifs (C(OH)–C–C–N with tert-alkyl or cyclic N) is 1. The summed E-state index contributed by atoms with van der Waals surface area (Å²) in [4.78, 5) is 4.71. The van der Waals surface area contributed by atoms with E-state index >= 15 is 0 Å². The molecule has 30 heavy (non-hydrogen) atoms. The summed E-state index contributed by atoms with van der Waals surface area (Å²) in [6.07, 6.45) is 3.36. The molecule has 1 aliphatic carbocycles. The van der Waals surface area contributed by atoms with Crippen LogP contribution in [0.3, 0.4) is 0 Å². The number of nitrogens with zero attached hydrogens (tertiary/aromatic N) is 2. The van der Waals surface area contributed by atoms with Crippen molar-refractivity contribution < 1.29 is 14.6 Å². The molecule has 0 aromatic heterocycles. The van der Waals surface area contributed by atoms with Crippen LogP contribution < -0.4 is 9.64 Å². The Morgan fingerprint density at radius 3 is 2.40 bits per heavy atom. The Bertz CT molecular complexity index is 624. The van der Waals surface area contributed by atoms with Crippen molar-refractivity contribution in [1.29, 1.82) is 0 Å². The third kappa shape index (κ3) is 7.76. The zero-order valence-electron chi connectivity index (χ0n) is 18.9. The van der Waals surface area contributed by atoms with Gasteiger partial charge in [0, 0.05) is 32.7 Å². The molecule has 1 heterocycles. The number of aliphatic hydroxyl groups excluding tert-OH is 1. The van der Waals surface area contributed by atoms with Gasteiger partial charge in [-0.15, -0.1) is 24.8 Å². The second kappa shape index (κ2) is 12.4. The predicted octanol–water partition coefficient (Wildman–Crippen LogP) is 4.25. The van der Waals surface area contributed by atoms with Crippen molar-refractivity contribution in [3.63, 3.8) is 0 Å². The lowest BCUT2D eigenvalue weighted by atomic mass is 9.71. The number of hydrogen-bond acceptors (Lipinski definition) is 5. The molecule has 1 aromatic carbocycles. The molecule has 3 rings (SSSR count). The standard InChI is InChI=1S/C23H38N2O3.2ClH/c1-18-13-20(15-23(2,3)14-18)28-17-19(26)16-24-9-11-25(12-10-24)21-7-5-6-8-22(21)27-4;;/h5-8,18-20,26H,9-17H2,1-4H3;2*1H. The maximum absolute atomic E-state index is 10.5.